The summed E-state index contributed by atoms with van der Waals surface area (Å²) >= 11 is 6.05. The van der Waals surface area contributed by atoms with Crippen LogP contribution in [0, 0.1) is 6.92 Å². The van der Waals surface area contributed by atoms with E-state index in [4.69, 9.17) is 22.3 Å². The van der Waals surface area contributed by atoms with Crippen LogP contribution in [0.4, 0.5) is 0 Å². The van der Waals surface area contributed by atoms with E-state index in [1.165, 1.54) is 0 Å². The first-order chi connectivity index (χ1) is 7.38. The fourth-order valence-corrected chi connectivity index (χ4v) is 2.76. The number of hydrogen-bond acceptors (Lipinski definition) is 3. The van der Waals surface area contributed by atoms with Gasteiger partial charge in [0.15, 0.2) is 0 Å². The third-order valence-corrected chi connectivity index (χ3v) is 3.49. The van der Waals surface area contributed by atoms with Gasteiger partial charge in [-0.25, -0.2) is 13.4 Å². The van der Waals surface area contributed by atoms with Gasteiger partial charge in [-0.2, -0.15) is 0 Å². The van der Waals surface area contributed by atoms with Crippen LogP contribution in [0.15, 0.2) is 18.2 Å². The number of fused-ring (bicyclic) bond motifs is 1. The Morgan fingerprint density at radius 2 is 2.12 bits per heavy atom. The Hall–Kier alpha value is -0.780. The van der Waals surface area contributed by atoms with Crippen LogP contribution < -0.4 is 0 Å². The van der Waals surface area contributed by atoms with Crippen molar-refractivity contribution in [2.24, 2.45) is 0 Å². The molecule has 0 aliphatic carbocycles. The van der Waals surface area contributed by atoms with Crippen molar-refractivity contribution in [2.75, 3.05) is 0 Å². The molecule has 0 aliphatic rings. The van der Waals surface area contributed by atoms with Gasteiger partial charge in [0, 0.05) is 16.4 Å². The SMILES string of the molecule is Cc1cccc2nc(CS(=O)(=O)Cl)c(Cl)n12. The largest absolute Gasteiger partial charge is 0.287 e. The van der Waals surface area contributed by atoms with Crippen LogP contribution in [0.1, 0.15) is 11.4 Å². The fourth-order valence-electron chi connectivity index (χ4n) is 1.51. The normalized spacial score (nSPS) is 12.2. The third kappa shape index (κ3) is 2.16. The lowest BCUT2D eigenvalue weighted by atomic mass is 10.4. The minimum absolute atomic E-state index is 0.269. The molecule has 86 valence electrons. The van der Waals surface area contributed by atoms with Gasteiger partial charge in [0.05, 0.1) is 5.69 Å². The van der Waals surface area contributed by atoms with E-state index in [1.807, 2.05) is 19.1 Å². The van der Waals surface area contributed by atoms with Gasteiger partial charge in [0.2, 0.25) is 9.05 Å². The summed E-state index contributed by atoms with van der Waals surface area (Å²) in [6.45, 7) is 1.86. The zero-order chi connectivity index (χ0) is 11.9. The van der Waals surface area contributed by atoms with Crippen molar-refractivity contribution in [3.63, 3.8) is 0 Å². The molecular formula is C9H8Cl2N2O2S. The molecule has 16 heavy (non-hydrogen) atoms. The summed E-state index contributed by atoms with van der Waals surface area (Å²) in [4.78, 5) is 4.13. The standard InChI is InChI=1S/C9H8Cl2N2O2S/c1-6-3-2-4-8-12-7(5-16(11,14)15)9(10)13(6)8/h2-4H,5H2,1H3. The molecule has 0 aliphatic heterocycles. The van der Waals surface area contributed by atoms with Crippen molar-refractivity contribution in [2.45, 2.75) is 12.7 Å². The first kappa shape index (κ1) is 11.7. The number of rotatable bonds is 2. The van der Waals surface area contributed by atoms with Crippen molar-refractivity contribution < 1.29 is 8.42 Å². The summed E-state index contributed by atoms with van der Waals surface area (Å²) in [5, 5.41) is 0.289. The van der Waals surface area contributed by atoms with Crippen molar-refractivity contribution in [1.82, 2.24) is 9.38 Å². The van der Waals surface area contributed by atoms with Crippen molar-refractivity contribution in [3.05, 3.63) is 34.7 Å². The van der Waals surface area contributed by atoms with Gasteiger partial charge in [0.1, 0.15) is 16.6 Å². The number of aryl methyl sites for hydroxylation is 1. The number of pyridine rings is 1. The zero-order valence-corrected chi connectivity index (χ0v) is 10.6. The number of nitrogens with zero attached hydrogens (tertiary/aromatic N) is 2. The predicted octanol–water partition coefficient (Wildman–Crippen LogP) is 2.36. The van der Waals surface area contributed by atoms with Crippen molar-refractivity contribution >= 4 is 37.0 Å². The topological polar surface area (TPSA) is 51.4 Å². The maximum Gasteiger partial charge on any atom is 0.238 e. The highest BCUT2D eigenvalue weighted by Crippen LogP contribution is 2.22. The van der Waals surface area contributed by atoms with Gasteiger partial charge < -0.3 is 0 Å². The molecular weight excluding hydrogens is 271 g/mol. The van der Waals surface area contributed by atoms with Crippen LogP contribution in [0.2, 0.25) is 5.15 Å². The quantitative estimate of drug-likeness (QED) is 0.793. The smallest absolute Gasteiger partial charge is 0.238 e. The van der Waals surface area contributed by atoms with Gasteiger partial charge in [0.25, 0.3) is 0 Å². The van der Waals surface area contributed by atoms with Crippen LogP contribution in [0.5, 0.6) is 0 Å². The van der Waals surface area contributed by atoms with E-state index in [9.17, 15) is 8.42 Å². The predicted molar refractivity (Wildman–Crippen MR) is 63.4 cm³/mol. The zero-order valence-electron chi connectivity index (χ0n) is 8.31. The summed E-state index contributed by atoms with van der Waals surface area (Å²) in [5.41, 5.74) is 1.76. The average molecular weight is 279 g/mol. The summed E-state index contributed by atoms with van der Waals surface area (Å²) in [6.07, 6.45) is 0. The van der Waals surface area contributed by atoms with Crippen LogP contribution in [0.25, 0.3) is 5.65 Å². The van der Waals surface area contributed by atoms with Crippen LogP contribution in [-0.2, 0) is 14.8 Å². The molecule has 2 rings (SSSR count). The molecule has 0 bridgehead atoms. The lowest BCUT2D eigenvalue weighted by molar-refractivity contribution is 0.608. The highest BCUT2D eigenvalue weighted by atomic mass is 35.7. The number of imidazole rings is 1. The van der Waals surface area contributed by atoms with Crippen molar-refractivity contribution in [1.29, 1.82) is 0 Å². The molecule has 4 nitrogen and oxygen atoms in total. The van der Waals surface area contributed by atoms with Gasteiger partial charge in [-0.15, -0.1) is 0 Å². The molecule has 0 saturated carbocycles. The van der Waals surface area contributed by atoms with Crippen LogP contribution in [-0.4, -0.2) is 17.8 Å². The Balaban J connectivity index is 2.66. The molecule has 0 amide bonds. The highest BCUT2D eigenvalue weighted by molar-refractivity contribution is 8.13. The van der Waals surface area contributed by atoms with E-state index in [0.717, 1.165) is 5.69 Å². The Morgan fingerprint density at radius 1 is 1.44 bits per heavy atom. The summed E-state index contributed by atoms with van der Waals surface area (Å²) in [5.74, 6) is -0.367. The minimum atomic E-state index is -3.65. The monoisotopic (exact) mass is 278 g/mol. The Bertz CT molecular complexity index is 649. The van der Waals surface area contributed by atoms with Gasteiger partial charge in [-0.1, -0.05) is 17.7 Å². The maximum atomic E-state index is 11.0. The van der Waals surface area contributed by atoms with E-state index in [0.29, 0.717) is 5.65 Å². The first-order valence-corrected chi connectivity index (χ1v) is 7.29. The summed E-state index contributed by atoms with van der Waals surface area (Å²) in [7, 11) is 1.52. The van der Waals surface area contributed by atoms with Gasteiger partial charge >= 0.3 is 0 Å². The van der Waals surface area contributed by atoms with Crippen LogP contribution >= 0.6 is 22.3 Å². The number of hydrogen-bond donors (Lipinski definition) is 0. The van der Waals surface area contributed by atoms with E-state index in [2.05, 4.69) is 4.98 Å². The third-order valence-electron chi connectivity index (χ3n) is 2.16. The molecule has 7 heteroatoms. The summed E-state index contributed by atoms with van der Waals surface area (Å²) in [6, 6.07) is 5.44. The molecule has 0 N–H and O–H groups in total. The van der Waals surface area contributed by atoms with Gasteiger partial charge in [-0.3, -0.25) is 4.40 Å². The second-order valence-electron chi connectivity index (χ2n) is 3.39. The molecule has 0 fully saturated rings. The Morgan fingerprint density at radius 3 is 2.69 bits per heavy atom. The lowest BCUT2D eigenvalue weighted by Gasteiger charge is -1.99. The van der Waals surface area contributed by atoms with E-state index in [-0.39, 0.29) is 16.6 Å². The Labute approximate surface area is 102 Å². The molecule has 0 unspecified atom stereocenters. The van der Waals surface area contributed by atoms with E-state index >= 15 is 0 Å². The molecule has 2 aromatic rings. The van der Waals surface area contributed by atoms with E-state index in [1.54, 1.807) is 10.5 Å². The number of aromatic nitrogens is 2. The molecule has 2 aromatic heterocycles. The molecule has 2 heterocycles. The van der Waals surface area contributed by atoms with Crippen molar-refractivity contribution in [3.8, 4) is 0 Å². The number of halogens is 2. The Kier molecular flexibility index (Phi) is 2.86. The second kappa shape index (κ2) is 3.91. The van der Waals surface area contributed by atoms with Crippen LogP contribution in [0.3, 0.4) is 0 Å². The maximum absolute atomic E-state index is 11.0. The average Bonchev–Trinajstić information content (AvgIpc) is 2.42. The van der Waals surface area contributed by atoms with E-state index < -0.39 is 9.05 Å². The highest BCUT2D eigenvalue weighted by Gasteiger charge is 2.16. The molecule has 0 radical (unpaired) electrons. The fraction of sp³-hybridized carbons (Fsp3) is 0.222. The molecule has 0 atom stereocenters. The van der Waals surface area contributed by atoms with Gasteiger partial charge in [-0.05, 0) is 19.1 Å². The molecule has 0 saturated heterocycles. The first-order valence-electron chi connectivity index (χ1n) is 4.43. The lowest BCUT2D eigenvalue weighted by Crippen LogP contribution is -1.96. The minimum Gasteiger partial charge on any atom is -0.287 e. The molecule has 0 aromatic carbocycles. The molecule has 0 spiro atoms. The second-order valence-corrected chi connectivity index (χ2v) is 6.53. The summed E-state index contributed by atoms with van der Waals surface area (Å²) < 4.78 is 23.6.